The second kappa shape index (κ2) is 6.08. The lowest BCUT2D eigenvalue weighted by Gasteiger charge is -2.23. The van der Waals surface area contributed by atoms with Crippen LogP contribution in [0.4, 0.5) is 8.78 Å². The van der Waals surface area contributed by atoms with E-state index in [1.807, 2.05) is 0 Å². The highest BCUT2D eigenvalue weighted by Gasteiger charge is 2.27. The van der Waals surface area contributed by atoms with Crippen molar-refractivity contribution in [3.05, 3.63) is 33.8 Å². The Kier molecular flexibility index (Phi) is 4.70. The van der Waals surface area contributed by atoms with Crippen molar-refractivity contribution in [3.63, 3.8) is 0 Å². The molecule has 1 saturated heterocycles. The van der Waals surface area contributed by atoms with Gasteiger partial charge in [-0.2, -0.15) is 0 Å². The lowest BCUT2D eigenvalue weighted by atomic mass is 9.99. The monoisotopic (exact) mass is 319 g/mol. The van der Waals surface area contributed by atoms with Gasteiger partial charge in [0, 0.05) is 18.2 Å². The molecule has 0 aliphatic carbocycles. The van der Waals surface area contributed by atoms with E-state index in [-0.39, 0.29) is 24.1 Å². The van der Waals surface area contributed by atoms with Gasteiger partial charge in [-0.15, -0.1) is 0 Å². The van der Waals surface area contributed by atoms with Crippen LogP contribution in [-0.4, -0.2) is 25.8 Å². The average Bonchev–Trinajstić information content (AvgIpc) is 2.88. The van der Waals surface area contributed by atoms with Gasteiger partial charge in [0.1, 0.15) is 11.6 Å². The zero-order valence-electron chi connectivity index (χ0n) is 10.2. The van der Waals surface area contributed by atoms with Gasteiger partial charge in [0.15, 0.2) is 0 Å². The Morgan fingerprint density at radius 1 is 1.50 bits per heavy atom. The summed E-state index contributed by atoms with van der Waals surface area (Å²) in [4.78, 5) is 0. The molecular formula is C13H16BrF2NO. The van der Waals surface area contributed by atoms with Crippen LogP contribution in [0.3, 0.4) is 0 Å². The summed E-state index contributed by atoms with van der Waals surface area (Å²) in [5.74, 6) is -1.03. The van der Waals surface area contributed by atoms with Crippen LogP contribution in [0.2, 0.25) is 0 Å². The maximum absolute atomic E-state index is 13.9. The molecule has 1 aromatic carbocycles. The van der Waals surface area contributed by atoms with E-state index < -0.39 is 11.6 Å². The van der Waals surface area contributed by atoms with Crippen molar-refractivity contribution in [2.45, 2.75) is 31.4 Å². The van der Waals surface area contributed by atoms with Crippen molar-refractivity contribution in [1.29, 1.82) is 0 Å². The quantitative estimate of drug-likeness (QED) is 0.861. The molecule has 1 aromatic rings. The van der Waals surface area contributed by atoms with Crippen LogP contribution in [0.1, 0.15) is 18.4 Å². The molecule has 1 aliphatic heterocycles. The van der Waals surface area contributed by atoms with Crippen molar-refractivity contribution >= 4 is 15.9 Å². The molecule has 0 spiro atoms. The minimum absolute atomic E-state index is 0.0350. The molecule has 2 rings (SSSR count). The molecule has 100 valence electrons. The second-order valence-corrected chi connectivity index (χ2v) is 5.33. The summed E-state index contributed by atoms with van der Waals surface area (Å²) in [7, 11) is 1.79. The van der Waals surface area contributed by atoms with Crippen LogP contribution in [0.25, 0.3) is 0 Å². The van der Waals surface area contributed by atoms with Gasteiger partial charge < -0.3 is 10.1 Å². The summed E-state index contributed by atoms with van der Waals surface area (Å²) in [6.45, 7) is 0.728. The minimum atomic E-state index is -0.520. The third-order valence-corrected chi connectivity index (χ3v) is 3.96. The lowest BCUT2D eigenvalue weighted by molar-refractivity contribution is 0.0803. The summed E-state index contributed by atoms with van der Waals surface area (Å²) in [6, 6.07) is 2.60. The Bertz CT molecular complexity index is 422. The average molecular weight is 320 g/mol. The second-order valence-electron chi connectivity index (χ2n) is 4.47. The number of hydrogen-bond donors (Lipinski definition) is 1. The van der Waals surface area contributed by atoms with Crippen molar-refractivity contribution in [1.82, 2.24) is 5.32 Å². The van der Waals surface area contributed by atoms with Crippen LogP contribution in [-0.2, 0) is 11.2 Å². The minimum Gasteiger partial charge on any atom is -0.377 e. The fourth-order valence-electron chi connectivity index (χ4n) is 2.32. The van der Waals surface area contributed by atoms with Gasteiger partial charge in [-0.3, -0.25) is 0 Å². The maximum atomic E-state index is 13.9. The van der Waals surface area contributed by atoms with Crippen LogP contribution >= 0.6 is 15.9 Å². The fourth-order valence-corrected chi connectivity index (χ4v) is 2.69. The van der Waals surface area contributed by atoms with E-state index >= 15 is 0 Å². The zero-order chi connectivity index (χ0) is 13.1. The smallest absolute Gasteiger partial charge is 0.143 e. The van der Waals surface area contributed by atoms with Crippen LogP contribution in [0.15, 0.2) is 16.6 Å². The largest absolute Gasteiger partial charge is 0.377 e. The van der Waals surface area contributed by atoms with Crippen molar-refractivity contribution in [3.8, 4) is 0 Å². The Morgan fingerprint density at radius 3 is 2.89 bits per heavy atom. The third-order valence-electron chi connectivity index (χ3n) is 3.35. The third kappa shape index (κ3) is 2.90. The van der Waals surface area contributed by atoms with E-state index in [1.54, 1.807) is 7.05 Å². The first-order chi connectivity index (χ1) is 8.63. The van der Waals surface area contributed by atoms with E-state index in [0.29, 0.717) is 4.47 Å². The van der Waals surface area contributed by atoms with Crippen LogP contribution < -0.4 is 5.32 Å². The molecular weight excluding hydrogens is 304 g/mol. The van der Waals surface area contributed by atoms with Crippen molar-refractivity contribution in [2.75, 3.05) is 13.7 Å². The molecule has 0 saturated carbocycles. The van der Waals surface area contributed by atoms with Crippen molar-refractivity contribution in [2.24, 2.45) is 0 Å². The van der Waals surface area contributed by atoms with E-state index in [0.717, 1.165) is 19.4 Å². The summed E-state index contributed by atoms with van der Waals surface area (Å²) < 4.78 is 33.4. The lowest BCUT2D eigenvalue weighted by Crippen LogP contribution is -2.39. The highest BCUT2D eigenvalue weighted by molar-refractivity contribution is 9.10. The van der Waals surface area contributed by atoms with Crippen LogP contribution in [0.5, 0.6) is 0 Å². The van der Waals surface area contributed by atoms with Gasteiger partial charge in [-0.1, -0.05) is 0 Å². The van der Waals surface area contributed by atoms with Gasteiger partial charge in [0.2, 0.25) is 0 Å². The highest BCUT2D eigenvalue weighted by Crippen LogP contribution is 2.25. The van der Waals surface area contributed by atoms with Gasteiger partial charge in [-0.25, -0.2) is 8.78 Å². The van der Waals surface area contributed by atoms with Gasteiger partial charge in [0.25, 0.3) is 0 Å². The molecule has 18 heavy (non-hydrogen) atoms. The number of benzene rings is 1. The molecule has 1 fully saturated rings. The summed E-state index contributed by atoms with van der Waals surface area (Å²) >= 11 is 3.08. The first kappa shape index (κ1) is 13.9. The molecule has 0 amide bonds. The highest BCUT2D eigenvalue weighted by atomic mass is 79.9. The van der Waals surface area contributed by atoms with Crippen LogP contribution in [0, 0.1) is 11.6 Å². The Labute approximate surface area is 114 Å². The zero-order valence-corrected chi connectivity index (χ0v) is 11.8. The normalized spacial score (nSPS) is 21.2. The van der Waals surface area contributed by atoms with E-state index in [2.05, 4.69) is 21.2 Å². The summed E-state index contributed by atoms with van der Waals surface area (Å²) in [5, 5.41) is 3.09. The standard InChI is InChI=1S/C13H16BrF2NO/c1-17-11(12-3-2-6-18-12)7-8-10(15)5-4-9(14)13(8)16/h4-5,11-12,17H,2-3,6-7H2,1H3. The molecule has 2 unspecified atom stereocenters. The first-order valence-electron chi connectivity index (χ1n) is 6.04. The van der Waals surface area contributed by atoms with Gasteiger partial charge in [-0.05, 0) is 54.4 Å². The predicted molar refractivity (Wildman–Crippen MR) is 69.6 cm³/mol. The fraction of sp³-hybridized carbons (Fsp3) is 0.538. The number of nitrogens with one attached hydrogen (secondary N) is 1. The van der Waals surface area contributed by atoms with E-state index in [1.165, 1.54) is 12.1 Å². The first-order valence-corrected chi connectivity index (χ1v) is 6.84. The molecule has 0 aromatic heterocycles. The Hall–Kier alpha value is -0.520. The SMILES string of the molecule is CNC(Cc1c(F)ccc(Br)c1F)C1CCCO1. The molecule has 1 N–H and O–H groups in total. The number of rotatable bonds is 4. The maximum Gasteiger partial charge on any atom is 0.143 e. The molecule has 2 atom stereocenters. The Balaban J connectivity index is 2.18. The number of hydrogen-bond acceptors (Lipinski definition) is 2. The number of halogens is 3. The molecule has 2 nitrogen and oxygen atoms in total. The van der Waals surface area contributed by atoms with E-state index in [4.69, 9.17) is 4.74 Å². The predicted octanol–water partition coefficient (Wildman–Crippen LogP) is 3.04. The van der Waals surface area contributed by atoms with Gasteiger partial charge >= 0.3 is 0 Å². The topological polar surface area (TPSA) is 21.3 Å². The summed E-state index contributed by atoms with van der Waals surface area (Å²) in [6.07, 6.45) is 2.26. The molecule has 0 bridgehead atoms. The molecule has 5 heteroatoms. The van der Waals surface area contributed by atoms with Gasteiger partial charge in [0.05, 0.1) is 10.6 Å². The number of likely N-dealkylation sites (N-methyl/N-ethyl adjacent to an activating group) is 1. The molecule has 1 aliphatic rings. The Morgan fingerprint density at radius 2 is 2.28 bits per heavy atom. The van der Waals surface area contributed by atoms with Crippen molar-refractivity contribution < 1.29 is 13.5 Å². The number of ether oxygens (including phenoxy) is 1. The molecule has 1 heterocycles. The van der Waals surface area contributed by atoms with E-state index in [9.17, 15) is 8.78 Å². The summed E-state index contributed by atoms with van der Waals surface area (Å²) in [5.41, 5.74) is 0.110. The molecule has 0 radical (unpaired) electrons.